The van der Waals surface area contributed by atoms with Crippen LogP contribution in [-0.2, 0) is 4.79 Å². The number of anilines is 1. The number of hydrogen-bond donors (Lipinski definition) is 0. The molecule has 1 heterocycles. The average Bonchev–Trinajstić information content (AvgIpc) is 2.64. The van der Waals surface area contributed by atoms with E-state index in [0.29, 0.717) is 6.54 Å². The second-order valence-corrected chi connectivity index (χ2v) is 3.80. The van der Waals surface area contributed by atoms with E-state index < -0.39 is 11.0 Å². The molecule has 0 N–H and O–H groups in total. The summed E-state index contributed by atoms with van der Waals surface area (Å²) in [6, 6.07) is 5.04. The van der Waals surface area contributed by atoms with Gasteiger partial charge in [0.2, 0.25) is 0 Å². The molecule has 1 aromatic carbocycles. The van der Waals surface area contributed by atoms with Crippen LogP contribution in [0.1, 0.15) is 6.92 Å². The van der Waals surface area contributed by atoms with Crippen molar-refractivity contribution in [3.8, 4) is 0 Å². The number of imide groups is 1. The molecule has 1 saturated heterocycles. The Morgan fingerprint density at radius 2 is 2.11 bits per heavy atom. The molecule has 0 radical (unpaired) electrons. The lowest BCUT2D eigenvalue weighted by atomic mass is 10.2. The van der Waals surface area contributed by atoms with Gasteiger partial charge in [-0.25, -0.2) is 9.69 Å². The maximum absolute atomic E-state index is 11.9. The lowest BCUT2D eigenvalue weighted by Crippen LogP contribution is -2.32. The molecule has 2 rings (SSSR count). The molecule has 18 heavy (non-hydrogen) atoms. The number of non-ortho nitro benzene ring substituents is 1. The molecule has 3 amide bonds. The summed E-state index contributed by atoms with van der Waals surface area (Å²) in [4.78, 5) is 36.1. The van der Waals surface area contributed by atoms with Gasteiger partial charge in [0.1, 0.15) is 6.54 Å². The van der Waals surface area contributed by atoms with Crippen LogP contribution in [0.5, 0.6) is 0 Å². The Morgan fingerprint density at radius 3 is 2.67 bits per heavy atom. The van der Waals surface area contributed by atoms with E-state index in [2.05, 4.69) is 0 Å². The van der Waals surface area contributed by atoms with Crippen LogP contribution in [0, 0.1) is 10.1 Å². The molecule has 0 spiro atoms. The highest BCUT2D eigenvalue weighted by Gasteiger charge is 2.36. The van der Waals surface area contributed by atoms with Gasteiger partial charge >= 0.3 is 6.03 Å². The first-order valence-electron chi connectivity index (χ1n) is 5.41. The Hall–Kier alpha value is -2.44. The van der Waals surface area contributed by atoms with E-state index in [4.69, 9.17) is 0 Å². The summed E-state index contributed by atoms with van der Waals surface area (Å²) in [5.74, 6) is -0.373. The molecule has 0 aliphatic carbocycles. The smallest absolute Gasteiger partial charge is 0.315 e. The van der Waals surface area contributed by atoms with E-state index in [0.717, 1.165) is 4.90 Å². The number of amides is 3. The molecule has 0 atom stereocenters. The van der Waals surface area contributed by atoms with Crippen molar-refractivity contribution in [2.75, 3.05) is 18.0 Å². The van der Waals surface area contributed by atoms with Crippen molar-refractivity contribution in [2.24, 2.45) is 0 Å². The summed E-state index contributed by atoms with van der Waals surface area (Å²) < 4.78 is 0. The van der Waals surface area contributed by atoms with Gasteiger partial charge in [0.25, 0.3) is 11.6 Å². The number of benzene rings is 1. The minimum absolute atomic E-state index is 0.0119. The Bertz CT molecular complexity index is 529. The number of nitro benzene ring substituents is 1. The van der Waals surface area contributed by atoms with Crippen molar-refractivity contribution in [3.63, 3.8) is 0 Å². The third-order valence-corrected chi connectivity index (χ3v) is 2.72. The van der Waals surface area contributed by atoms with Gasteiger partial charge in [-0.3, -0.25) is 14.9 Å². The van der Waals surface area contributed by atoms with Crippen molar-refractivity contribution < 1.29 is 14.5 Å². The number of likely N-dealkylation sites (N-methyl/N-ethyl adjacent to an activating group) is 1. The van der Waals surface area contributed by atoms with Crippen molar-refractivity contribution in [1.82, 2.24) is 4.90 Å². The maximum Gasteiger partial charge on any atom is 0.331 e. The van der Waals surface area contributed by atoms with Gasteiger partial charge in [0.15, 0.2) is 0 Å². The predicted octanol–water partition coefficient (Wildman–Crippen LogP) is 1.38. The zero-order valence-corrected chi connectivity index (χ0v) is 9.70. The number of rotatable bonds is 3. The fraction of sp³-hybridized carbons (Fsp3) is 0.273. The molecule has 0 aromatic heterocycles. The van der Waals surface area contributed by atoms with Gasteiger partial charge in [0, 0.05) is 18.7 Å². The average molecular weight is 249 g/mol. The first-order valence-corrected chi connectivity index (χ1v) is 5.41. The standard InChI is InChI=1S/C11H11N3O4/c1-2-12-7-10(15)13(11(12)16)8-4-3-5-9(6-8)14(17)18/h3-6H,2,7H2,1H3. The Kier molecular flexibility index (Phi) is 2.97. The number of nitro groups is 1. The Balaban J connectivity index is 2.37. The normalized spacial score (nSPS) is 15.4. The summed E-state index contributed by atoms with van der Waals surface area (Å²) in [6.07, 6.45) is 0. The van der Waals surface area contributed by atoms with Crippen LogP contribution in [0.25, 0.3) is 0 Å². The third kappa shape index (κ3) is 1.90. The van der Waals surface area contributed by atoms with Crippen LogP contribution in [-0.4, -0.2) is 34.9 Å². The van der Waals surface area contributed by atoms with Crippen LogP contribution in [0.2, 0.25) is 0 Å². The van der Waals surface area contributed by atoms with Crippen LogP contribution in [0.15, 0.2) is 24.3 Å². The van der Waals surface area contributed by atoms with E-state index in [-0.39, 0.29) is 23.8 Å². The molecular formula is C11H11N3O4. The highest BCUT2D eigenvalue weighted by Crippen LogP contribution is 2.25. The summed E-state index contributed by atoms with van der Waals surface area (Å²) in [6.45, 7) is 2.20. The number of carbonyl (C=O) groups excluding carboxylic acids is 2. The molecule has 1 aliphatic heterocycles. The molecule has 7 heteroatoms. The molecule has 0 saturated carbocycles. The molecule has 94 valence electrons. The zero-order chi connectivity index (χ0) is 13.3. The lowest BCUT2D eigenvalue weighted by Gasteiger charge is -2.15. The van der Waals surface area contributed by atoms with Crippen molar-refractivity contribution >= 4 is 23.3 Å². The topological polar surface area (TPSA) is 83.8 Å². The summed E-state index contributed by atoms with van der Waals surface area (Å²) in [7, 11) is 0. The van der Waals surface area contributed by atoms with Gasteiger partial charge in [-0.15, -0.1) is 0 Å². The first kappa shape index (κ1) is 12.0. The highest BCUT2D eigenvalue weighted by atomic mass is 16.6. The largest absolute Gasteiger partial charge is 0.331 e. The zero-order valence-electron chi connectivity index (χ0n) is 9.70. The summed E-state index contributed by atoms with van der Waals surface area (Å²) >= 11 is 0. The minimum Gasteiger partial charge on any atom is -0.315 e. The minimum atomic E-state index is -0.563. The fourth-order valence-corrected chi connectivity index (χ4v) is 1.80. The second-order valence-electron chi connectivity index (χ2n) is 3.80. The van der Waals surface area contributed by atoms with Gasteiger partial charge < -0.3 is 4.90 Å². The number of nitrogens with zero attached hydrogens (tertiary/aromatic N) is 3. The number of hydrogen-bond acceptors (Lipinski definition) is 4. The van der Waals surface area contributed by atoms with Crippen LogP contribution in [0.3, 0.4) is 0 Å². The molecular weight excluding hydrogens is 238 g/mol. The predicted molar refractivity (Wildman–Crippen MR) is 63.2 cm³/mol. The summed E-state index contributed by atoms with van der Waals surface area (Å²) in [5, 5.41) is 10.7. The first-order chi connectivity index (χ1) is 8.54. The van der Waals surface area contributed by atoms with E-state index in [1.165, 1.54) is 29.2 Å². The number of carbonyl (C=O) groups is 2. The van der Waals surface area contributed by atoms with E-state index in [9.17, 15) is 19.7 Å². The van der Waals surface area contributed by atoms with Crippen LogP contribution in [0.4, 0.5) is 16.2 Å². The molecule has 1 aliphatic rings. The van der Waals surface area contributed by atoms with Gasteiger partial charge in [-0.05, 0) is 13.0 Å². The van der Waals surface area contributed by atoms with Crippen molar-refractivity contribution in [1.29, 1.82) is 0 Å². The molecule has 0 unspecified atom stereocenters. The summed E-state index contributed by atoms with van der Waals surface area (Å²) in [5.41, 5.74) is 0.0817. The second kappa shape index (κ2) is 4.44. The monoisotopic (exact) mass is 249 g/mol. The molecule has 0 bridgehead atoms. The van der Waals surface area contributed by atoms with Gasteiger partial charge in [-0.1, -0.05) is 6.07 Å². The quantitative estimate of drug-likeness (QED) is 0.460. The molecule has 1 aromatic rings. The van der Waals surface area contributed by atoms with Crippen LogP contribution >= 0.6 is 0 Å². The number of urea groups is 1. The van der Waals surface area contributed by atoms with Gasteiger partial charge in [0.05, 0.1) is 10.6 Å². The van der Waals surface area contributed by atoms with Crippen LogP contribution < -0.4 is 4.90 Å². The van der Waals surface area contributed by atoms with Crippen molar-refractivity contribution in [3.05, 3.63) is 34.4 Å². The molecule has 1 fully saturated rings. The fourth-order valence-electron chi connectivity index (χ4n) is 1.80. The highest BCUT2D eigenvalue weighted by molar-refractivity contribution is 6.19. The Labute approximate surface area is 103 Å². The maximum atomic E-state index is 11.9. The van der Waals surface area contributed by atoms with E-state index >= 15 is 0 Å². The third-order valence-electron chi connectivity index (χ3n) is 2.72. The van der Waals surface area contributed by atoms with E-state index in [1.807, 2.05) is 0 Å². The van der Waals surface area contributed by atoms with Gasteiger partial charge in [-0.2, -0.15) is 0 Å². The Morgan fingerprint density at radius 1 is 1.39 bits per heavy atom. The molecule has 7 nitrogen and oxygen atoms in total. The SMILES string of the molecule is CCN1CC(=O)N(c2cccc([N+](=O)[O-])c2)C1=O. The van der Waals surface area contributed by atoms with Crippen molar-refractivity contribution in [2.45, 2.75) is 6.92 Å². The lowest BCUT2D eigenvalue weighted by molar-refractivity contribution is -0.384. The van der Waals surface area contributed by atoms with E-state index in [1.54, 1.807) is 6.92 Å².